The summed E-state index contributed by atoms with van der Waals surface area (Å²) in [6.07, 6.45) is 15.6. The van der Waals surface area contributed by atoms with Crippen LogP contribution < -0.4 is 11.1 Å². The standard InChI is InChI=1S/C37H56N2O2/c1-23(2)9-8-10-24(3)29-12-13-30-28-11-14-33-36(5,31(28)15-17-35(29,30)4)18-16-34(41)37(33,6)22-32(40)25-19-26(38)21-27(20-25)39-7/h14-15,19-21,23-24,28-30,34,39,41H,8-13,16-18,22,38H2,1-7H3. The number of anilines is 2. The maximum atomic E-state index is 13.7. The molecule has 2 fully saturated rings. The highest BCUT2D eigenvalue weighted by Gasteiger charge is 2.59. The lowest BCUT2D eigenvalue weighted by atomic mass is 9.47. The van der Waals surface area contributed by atoms with Gasteiger partial charge >= 0.3 is 0 Å². The topological polar surface area (TPSA) is 75.3 Å². The number of nitrogens with one attached hydrogen (secondary N) is 1. The highest BCUT2D eigenvalue weighted by Crippen LogP contribution is 2.67. The molecule has 1 aromatic rings. The average Bonchev–Trinajstić information content (AvgIpc) is 3.28. The van der Waals surface area contributed by atoms with E-state index in [4.69, 9.17) is 5.73 Å². The van der Waals surface area contributed by atoms with Crippen molar-refractivity contribution in [2.45, 2.75) is 112 Å². The Kier molecular flexibility index (Phi) is 8.31. The van der Waals surface area contributed by atoms with Crippen molar-refractivity contribution >= 4 is 17.2 Å². The average molecular weight is 561 g/mol. The zero-order valence-electron chi connectivity index (χ0n) is 26.9. The number of Topliss-reactive ketones (excluding diaryl/α,β-unsaturated/α-hetero) is 1. The second-order valence-corrected chi connectivity index (χ2v) is 15.4. The van der Waals surface area contributed by atoms with Gasteiger partial charge in [0.25, 0.3) is 0 Å². The number of carbonyl (C=O) groups excluding carboxylic acids is 1. The van der Waals surface area contributed by atoms with Crippen molar-refractivity contribution in [2.24, 2.45) is 45.8 Å². The first-order valence-electron chi connectivity index (χ1n) is 16.5. The number of hydrogen-bond donors (Lipinski definition) is 3. The minimum Gasteiger partial charge on any atom is -0.399 e. The number of fused-ring (bicyclic) bond motifs is 5. The quantitative estimate of drug-likeness (QED) is 0.160. The van der Waals surface area contributed by atoms with Gasteiger partial charge in [-0.2, -0.15) is 0 Å². The summed E-state index contributed by atoms with van der Waals surface area (Å²) < 4.78 is 0. The van der Waals surface area contributed by atoms with Gasteiger partial charge in [0.05, 0.1) is 6.10 Å². The van der Waals surface area contributed by atoms with Gasteiger partial charge in [-0.15, -0.1) is 0 Å². The van der Waals surface area contributed by atoms with Gasteiger partial charge in [0.2, 0.25) is 0 Å². The van der Waals surface area contributed by atoms with E-state index in [1.54, 1.807) is 11.6 Å². The molecule has 8 atom stereocenters. The van der Waals surface area contributed by atoms with Crippen LogP contribution in [0.5, 0.6) is 0 Å². The fraction of sp³-hybridized carbons (Fsp3) is 0.703. The molecule has 4 nitrogen and oxygen atoms in total. The second kappa shape index (κ2) is 11.2. The molecule has 226 valence electrons. The van der Waals surface area contributed by atoms with Crippen molar-refractivity contribution in [3.63, 3.8) is 0 Å². The van der Waals surface area contributed by atoms with Gasteiger partial charge in [0.15, 0.2) is 5.78 Å². The molecule has 4 aliphatic rings. The molecule has 0 bridgehead atoms. The zero-order valence-corrected chi connectivity index (χ0v) is 26.9. The van der Waals surface area contributed by atoms with E-state index in [1.807, 2.05) is 19.2 Å². The summed E-state index contributed by atoms with van der Waals surface area (Å²) in [5.41, 5.74) is 10.8. The Morgan fingerprint density at radius 1 is 1.07 bits per heavy atom. The minimum atomic E-state index is -0.579. The van der Waals surface area contributed by atoms with Gasteiger partial charge in [0, 0.05) is 41.2 Å². The molecule has 0 saturated heterocycles. The Bertz CT molecular complexity index is 1220. The lowest BCUT2D eigenvalue weighted by molar-refractivity contribution is -0.00434. The monoisotopic (exact) mass is 560 g/mol. The normalized spacial score (nSPS) is 37.0. The molecule has 0 aliphatic heterocycles. The highest BCUT2D eigenvalue weighted by molar-refractivity contribution is 5.98. The van der Waals surface area contributed by atoms with E-state index in [0.717, 1.165) is 48.6 Å². The number of aliphatic hydroxyl groups is 1. The number of nitrogens with two attached hydrogens (primary N) is 1. The molecule has 4 aliphatic carbocycles. The summed E-state index contributed by atoms with van der Waals surface area (Å²) >= 11 is 0. The molecule has 8 unspecified atom stereocenters. The first-order chi connectivity index (χ1) is 19.3. The van der Waals surface area contributed by atoms with Gasteiger partial charge in [-0.3, -0.25) is 4.79 Å². The molecule has 0 amide bonds. The second-order valence-electron chi connectivity index (χ2n) is 15.4. The third kappa shape index (κ3) is 5.21. The summed E-state index contributed by atoms with van der Waals surface area (Å²) in [5, 5.41) is 14.6. The number of aliphatic hydroxyl groups excluding tert-OH is 1. The molecular weight excluding hydrogens is 504 g/mol. The van der Waals surface area contributed by atoms with Crippen molar-refractivity contribution in [3.05, 3.63) is 47.1 Å². The van der Waals surface area contributed by atoms with Gasteiger partial charge in [0.1, 0.15) is 0 Å². The molecule has 0 spiro atoms. The van der Waals surface area contributed by atoms with Crippen molar-refractivity contribution in [3.8, 4) is 0 Å². The largest absolute Gasteiger partial charge is 0.399 e. The van der Waals surface area contributed by atoms with E-state index >= 15 is 0 Å². The first kappa shape index (κ1) is 30.4. The Hall–Kier alpha value is -2.07. The van der Waals surface area contributed by atoms with Crippen molar-refractivity contribution in [2.75, 3.05) is 18.1 Å². The molecule has 41 heavy (non-hydrogen) atoms. The van der Waals surface area contributed by atoms with E-state index in [-0.39, 0.29) is 11.2 Å². The number of allylic oxidation sites excluding steroid dienone is 3. The van der Waals surface area contributed by atoms with E-state index in [1.165, 1.54) is 44.1 Å². The van der Waals surface area contributed by atoms with Gasteiger partial charge in [-0.1, -0.05) is 84.1 Å². The molecule has 0 heterocycles. The van der Waals surface area contributed by atoms with Crippen molar-refractivity contribution < 1.29 is 9.90 Å². The Morgan fingerprint density at radius 3 is 2.54 bits per heavy atom. The van der Waals surface area contributed by atoms with Gasteiger partial charge in [-0.25, -0.2) is 0 Å². The van der Waals surface area contributed by atoms with Gasteiger partial charge < -0.3 is 16.2 Å². The predicted octanol–water partition coefficient (Wildman–Crippen LogP) is 8.82. The maximum Gasteiger partial charge on any atom is 0.163 e. The highest BCUT2D eigenvalue weighted by atomic mass is 16.3. The molecule has 4 heteroatoms. The third-order valence-electron chi connectivity index (χ3n) is 12.4. The fourth-order valence-electron chi connectivity index (χ4n) is 10.2. The van der Waals surface area contributed by atoms with E-state index in [2.05, 4.69) is 59.0 Å². The molecule has 5 rings (SSSR count). The SMILES string of the molecule is CNc1cc(N)cc(C(=O)CC2(C)C3=CCC4C(=CCC5(C)C(C(C)CCCC(C)C)CCC45)C3(C)CCC2O)c1. The number of ketones is 1. The Morgan fingerprint density at radius 2 is 1.83 bits per heavy atom. The van der Waals surface area contributed by atoms with Crippen LogP contribution in [0.25, 0.3) is 0 Å². The van der Waals surface area contributed by atoms with E-state index in [9.17, 15) is 9.90 Å². The van der Waals surface area contributed by atoms with Crippen LogP contribution in [0.2, 0.25) is 0 Å². The summed E-state index contributed by atoms with van der Waals surface area (Å²) in [6.45, 7) is 14.4. The Labute approximate surface area is 249 Å². The molecule has 4 N–H and O–H groups in total. The lowest BCUT2D eigenvalue weighted by Gasteiger charge is -2.58. The number of hydrogen-bond acceptors (Lipinski definition) is 4. The smallest absolute Gasteiger partial charge is 0.163 e. The molecule has 0 aromatic heterocycles. The van der Waals surface area contributed by atoms with Crippen LogP contribution in [0.3, 0.4) is 0 Å². The van der Waals surface area contributed by atoms with Crippen LogP contribution in [0.15, 0.2) is 41.5 Å². The van der Waals surface area contributed by atoms with Crippen molar-refractivity contribution in [1.82, 2.24) is 0 Å². The molecule has 1 aromatic carbocycles. The number of rotatable bonds is 9. The first-order valence-corrected chi connectivity index (χ1v) is 16.5. The van der Waals surface area contributed by atoms with Crippen LogP contribution in [0.4, 0.5) is 11.4 Å². The Balaban J connectivity index is 1.40. The van der Waals surface area contributed by atoms with Crippen LogP contribution in [0.1, 0.15) is 116 Å². The zero-order chi connectivity index (χ0) is 29.7. The van der Waals surface area contributed by atoms with E-state index < -0.39 is 11.5 Å². The maximum absolute atomic E-state index is 13.7. The third-order valence-corrected chi connectivity index (χ3v) is 12.4. The fourth-order valence-corrected chi connectivity index (χ4v) is 10.2. The summed E-state index contributed by atoms with van der Waals surface area (Å²) in [7, 11) is 1.84. The minimum absolute atomic E-state index is 0.0536. The van der Waals surface area contributed by atoms with Crippen molar-refractivity contribution in [1.29, 1.82) is 0 Å². The number of benzene rings is 1. The van der Waals surface area contributed by atoms with Crippen LogP contribution in [-0.2, 0) is 0 Å². The summed E-state index contributed by atoms with van der Waals surface area (Å²) in [6, 6.07) is 5.50. The lowest BCUT2D eigenvalue weighted by Crippen LogP contribution is -2.51. The van der Waals surface area contributed by atoms with Crippen LogP contribution in [-0.4, -0.2) is 24.0 Å². The van der Waals surface area contributed by atoms with E-state index in [0.29, 0.717) is 29.0 Å². The van der Waals surface area contributed by atoms with Gasteiger partial charge in [-0.05, 0) is 91.7 Å². The molecular formula is C37H56N2O2. The molecule has 0 radical (unpaired) electrons. The predicted molar refractivity (Wildman–Crippen MR) is 172 cm³/mol. The summed E-state index contributed by atoms with van der Waals surface area (Å²) in [5.74, 6) is 3.79. The van der Waals surface area contributed by atoms with Crippen LogP contribution >= 0.6 is 0 Å². The van der Waals surface area contributed by atoms with Crippen LogP contribution in [0, 0.1) is 45.8 Å². The molecule has 2 saturated carbocycles. The summed E-state index contributed by atoms with van der Waals surface area (Å²) in [4.78, 5) is 13.7. The number of nitrogen functional groups attached to an aromatic ring is 1. The number of carbonyl (C=O) groups is 1.